The summed E-state index contributed by atoms with van der Waals surface area (Å²) >= 11 is 6.33. The number of halogens is 2. The number of piperazine rings is 1. The molecule has 3 atom stereocenters. The summed E-state index contributed by atoms with van der Waals surface area (Å²) < 4.78 is 18.5. The van der Waals surface area contributed by atoms with Crippen molar-refractivity contribution in [1.82, 2.24) is 14.7 Å². The van der Waals surface area contributed by atoms with Crippen LogP contribution in [0.1, 0.15) is 31.4 Å². The van der Waals surface area contributed by atoms with Crippen LogP contribution in [0.2, 0.25) is 5.02 Å². The minimum atomic E-state index is -0.820. The first-order chi connectivity index (χ1) is 19.0. The van der Waals surface area contributed by atoms with E-state index in [0.29, 0.717) is 43.2 Å². The first-order valence-electron chi connectivity index (χ1n) is 13.1. The van der Waals surface area contributed by atoms with E-state index in [-0.39, 0.29) is 41.7 Å². The number of nitrogens with one attached hydrogen (secondary N) is 1. The lowest BCUT2D eigenvalue weighted by atomic mass is 10.1. The topological polar surface area (TPSA) is 102 Å². The number of β-amino-alcohol motifs (C(OH)–C–C–N with tert-alkyl or cyclic N) is 1. The highest BCUT2D eigenvalue weighted by Crippen LogP contribution is 2.33. The maximum atomic E-state index is 13.2. The van der Waals surface area contributed by atoms with E-state index in [4.69, 9.17) is 16.3 Å². The number of aliphatic hydroxyl groups excluding tert-OH is 1. The lowest BCUT2D eigenvalue weighted by molar-refractivity contribution is -0.134. The molecule has 11 heteroatoms. The number of carbonyl (C=O) groups is 3. The van der Waals surface area contributed by atoms with Crippen LogP contribution in [0, 0.1) is 5.82 Å². The number of anilines is 1. The second kappa shape index (κ2) is 12.8. The predicted octanol–water partition coefficient (Wildman–Crippen LogP) is 3.15. The number of rotatable bonds is 7. The molecule has 40 heavy (non-hydrogen) atoms. The number of nitrogens with zero attached hydrogens (tertiary/aromatic N) is 3. The van der Waals surface area contributed by atoms with E-state index in [2.05, 4.69) is 10.2 Å². The fourth-order valence-corrected chi connectivity index (χ4v) is 5.45. The highest BCUT2D eigenvalue weighted by molar-refractivity contribution is 6.32. The van der Waals surface area contributed by atoms with E-state index in [1.165, 1.54) is 43.2 Å². The van der Waals surface area contributed by atoms with Gasteiger partial charge in [0.25, 0.3) is 0 Å². The van der Waals surface area contributed by atoms with Crippen LogP contribution in [-0.2, 0) is 20.9 Å². The molecular weight excluding hydrogens is 539 g/mol. The van der Waals surface area contributed by atoms with Crippen molar-refractivity contribution in [1.29, 1.82) is 0 Å². The molecule has 2 aliphatic rings. The molecule has 3 amide bonds. The van der Waals surface area contributed by atoms with Crippen LogP contribution in [0.5, 0.6) is 5.75 Å². The standard InChI is InChI=1S/C29H34ClFN4O5/c1-18-15-33(16-20-4-7-22(31)8-5-20)10-11-34(18)28(38)9-6-21-12-27(40-3)24(30)14-25(21)32-29(39)26-13-23(37)17-35(26)19(2)36/h4-9,12,14,18,23,26,37H,10-11,13,15-17H2,1-3H3,(H,32,39)/b9-6+/t18-,23-,26+/m1/s1. The summed E-state index contributed by atoms with van der Waals surface area (Å²) in [6.07, 6.45) is 2.39. The third kappa shape index (κ3) is 6.99. The van der Waals surface area contributed by atoms with E-state index in [9.17, 15) is 23.9 Å². The largest absolute Gasteiger partial charge is 0.495 e. The minimum absolute atomic E-state index is 0.0448. The summed E-state index contributed by atoms with van der Waals surface area (Å²) in [6.45, 7) is 5.99. The molecule has 4 rings (SSSR count). The average molecular weight is 573 g/mol. The number of ether oxygens (including phenoxy) is 1. The number of likely N-dealkylation sites (tertiary alicyclic amines) is 1. The fourth-order valence-electron chi connectivity index (χ4n) is 5.21. The summed E-state index contributed by atoms with van der Waals surface area (Å²) in [7, 11) is 1.47. The van der Waals surface area contributed by atoms with Gasteiger partial charge in [0.1, 0.15) is 17.6 Å². The van der Waals surface area contributed by atoms with E-state index in [1.807, 2.05) is 6.92 Å². The van der Waals surface area contributed by atoms with Crippen molar-refractivity contribution in [2.45, 2.75) is 45.0 Å². The predicted molar refractivity (Wildman–Crippen MR) is 150 cm³/mol. The van der Waals surface area contributed by atoms with Crippen molar-refractivity contribution < 1.29 is 28.6 Å². The second-order valence-electron chi connectivity index (χ2n) is 10.2. The number of benzene rings is 2. The molecule has 0 spiro atoms. The van der Waals surface area contributed by atoms with Gasteiger partial charge in [-0.15, -0.1) is 0 Å². The normalized spacial score (nSPS) is 21.6. The van der Waals surface area contributed by atoms with Gasteiger partial charge in [-0.05, 0) is 42.8 Å². The molecule has 2 N–H and O–H groups in total. The van der Waals surface area contributed by atoms with Crippen molar-refractivity contribution >= 4 is 41.1 Å². The van der Waals surface area contributed by atoms with Crippen LogP contribution in [0.3, 0.4) is 0 Å². The molecule has 0 aliphatic carbocycles. The van der Waals surface area contributed by atoms with E-state index in [1.54, 1.807) is 29.2 Å². The van der Waals surface area contributed by atoms with Crippen LogP contribution in [-0.4, -0.2) is 89.0 Å². The molecule has 9 nitrogen and oxygen atoms in total. The zero-order valence-corrected chi connectivity index (χ0v) is 23.5. The van der Waals surface area contributed by atoms with Gasteiger partial charge in [0.15, 0.2) is 0 Å². The fraction of sp³-hybridized carbons (Fsp3) is 0.414. The van der Waals surface area contributed by atoms with Crippen LogP contribution in [0.25, 0.3) is 6.08 Å². The molecule has 0 saturated carbocycles. The van der Waals surface area contributed by atoms with Crippen molar-refractivity contribution in [3.8, 4) is 5.75 Å². The lowest BCUT2D eigenvalue weighted by Crippen LogP contribution is -2.53. The molecule has 2 saturated heterocycles. The van der Waals surface area contributed by atoms with Gasteiger partial charge in [0.2, 0.25) is 17.7 Å². The van der Waals surface area contributed by atoms with Gasteiger partial charge in [0.05, 0.1) is 18.2 Å². The smallest absolute Gasteiger partial charge is 0.247 e. The lowest BCUT2D eigenvalue weighted by Gasteiger charge is -2.39. The van der Waals surface area contributed by atoms with Gasteiger partial charge in [-0.3, -0.25) is 19.3 Å². The van der Waals surface area contributed by atoms with Crippen LogP contribution < -0.4 is 10.1 Å². The molecule has 2 aromatic rings. The van der Waals surface area contributed by atoms with Gasteiger partial charge < -0.3 is 25.0 Å². The van der Waals surface area contributed by atoms with E-state index < -0.39 is 18.1 Å². The molecule has 2 aromatic carbocycles. The molecule has 0 aromatic heterocycles. The summed E-state index contributed by atoms with van der Waals surface area (Å²) in [5.74, 6) is -0.837. The number of hydrogen-bond donors (Lipinski definition) is 2. The van der Waals surface area contributed by atoms with Gasteiger partial charge >= 0.3 is 0 Å². The van der Waals surface area contributed by atoms with E-state index >= 15 is 0 Å². The number of methoxy groups -OCH3 is 1. The Morgan fingerprint density at radius 3 is 2.52 bits per heavy atom. The van der Waals surface area contributed by atoms with Crippen molar-refractivity contribution in [3.63, 3.8) is 0 Å². The zero-order valence-electron chi connectivity index (χ0n) is 22.8. The van der Waals surface area contributed by atoms with Gasteiger partial charge in [-0.25, -0.2) is 4.39 Å². The third-order valence-corrected chi connectivity index (χ3v) is 7.58. The van der Waals surface area contributed by atoms with Gasteiger partial charge in [-0.1, -0.05) is 23.7 Å². The highest BCUT2D eigenvalue weighted by atomic mass is 35.5. The number of aliphatic hydroxyl groups is 1. The third-order valence-electron chi connectivity index (χ3n) is 7.29. The summed E-state index contributed by atoms with van der Waals surface area (Å²) in [5, 5.41) is 13.1. The summed E-state index contributed by atoms with van der Waals surface area (Å²) in [6, 6.07) is 8.72. The summed E-state index contributed by atoms with van der Waals surface area (Å²) in [4.78, 5) is 43.6. The molecule has 214 valence electrons. The van der Waals surface area contributed by atoms with Gasteiger partial charge in [-0.2, -0.15) is 0 Å². The number of carbonyl (C=O) groups excluding carboxylic acids is 3. The minimum Gasteiger partial charge on any atom is -0.495 e. The molecule has 0 unspecified atom stereocenters. The first kappa shape index (κ1) is 29.5. The Hall–Kier alpha value is -3.47. The Balaban J connectivity index is 1.45. The maximum absolute atomic E-state index is 13.2. The summed E-state index contributed by atoms with van der Waals surface area (Å²) in [5.41, 5.74) is 1.86. The highest BCUT2D eigenvalue weighted by Gasteiger charge is 2.37. The average Bonchev–Trinajstić information content (AvgIpc) is 3.31. The van der Waals surface area contributed by atoms with Crippen LogP contribution in [0.15, 0.2) is 42.5 Å². The van der Waals surface area contributed by atoms with Crippen molar-refractivity contribution in [2.75, 3.05) is 38.6 Å². The first-order valence-corrected chi connectivity index (χ1v) is 13.5. The van der Waals surface area contributed by atoms with Crippen molar-refractivity contribution in [3.05, 3.63) is 64.4 Å². The number of hydrogen-bond acceptors (Lipinski definition) is 6. The quantitative estimate of drug-likeness (QED) is 0.494. The molecular formula is C29H34ClFN4O5. The van der Waals surface area contributed by atoms with Crippen LogP contribution >= 0.6 is 11.6 Å². The molecule has 0 radical (unpaired) electrons. The Morgan fingerprint density at radius 1 is 1.15 bits per heavy atom. The van der Waals surface area contributed by atoms with Crippen LogP contribution in [0.4, 0.5) is 10.1 Å². The van der Waals surface area contributed by atoms with Gasteiger partial charge in [0, 0.05) is 69.4 Å². The molecule has 0 bridgehead atoms. The molecule has 2 heterocycles. The SMILES string of the molecule is COc1cc(/C=C/C(=O)N2CCN(Cc3ccc(F)cc3)C[C@H]2C)c(NC(=O)[C@@H]2C[C@@H](O)CN2C(C)=O)cc1Cl. The van der Waals surface area contributed by atoms with E-state index in [0.717, 1.165) is 5.56 Å². The molecule has 2 aliphatic heterocycles. The Kier molecular flexibility index (Phi) is 9.44. The zero-order chi connectivity index (χ0) is 29.0. The second-order valence-corrected chi connectivity index (χ2v) is 10.6. The molecule has 2 fully saturated rings. The maximum Gasteiger partial charge on any atom is 0.247 e. The van der Waals surface area contributed by atoms with Crippen molar-refractivity contribution in [2.24, 2.45) is 0 Å². The Labute approximate surface area is 238 Å². The monoisotopic (exact) mass is 572 g/mol. The Bertz CT molecular complexity index is 1290. The number of amides is 3. The Morgan fingerprint density at radius 2 is 1.88 bits per heavy atom.